The van der Waals surface area contributed by atoms with Crippen LogP contribution >= 0.6 is 0 Å². The molecule has 2 heterocycles. The first kappa shape index (κ1) is 20.9. The number of carbonyl (C=O) groups is 1. The average molecular weight is 408 g/mol. The zero-order chi connectivity index (χ0) is 21.3. The molecule has 0 aliphatic carbocycles. The molecule has 0 unspecified atom stereocenters. The molecule has 1 amide bonds. The van der Waals surface area contributed by atoms with Crippen molar-refractivity contribution in [2.24, 2.45) is 0 Å². The van der Waals surface area contributed by atoms with Gasteiger partial charge in [0.2, 0.25) is 11.7 Å². The first-order chi connectivity index (χ1) is 14.6. The molecule has 8 heteroatoms. The summed E-state index contributed by atoms with van der Waals surface area (Å²) in [6.07, 6.45) is 8.50. The highest BCUT2D eigenvalue weighted by atomic mass is 16.5. The van der Waals surface area contributed by atoms with Crippen LogP contribution in [0, 0.1) is 0 Å². The van der Waals surface area contributed by atoms with Crippen LogP contribution in [0.15, 0.2) is 55.0 Å². The predicted molar refractivity (Wildman–Crippen MR) is 114 cm³/mol. The molecule has 0 saturated carbocycles. The Morgan fingerprint density at radius 1 is 1.07 bits per heavy atom. The van der Waals surface area contributed by atoms with Crippen LogP contribution in [0.1, 0.15) is 5.56 Å². The first-order valence-corrected chi connectivity index (χ1v) is 9.34. The summed E-state index contributed by atoms with van der Waals surface area (Å²) in [7, 11) is 4.64. The van der Waals surface area contributed by atoms with E-state index in [1.165, 1.54) is 6.08 Å². The number of aromatic nitrogens is 3. The van der Waals surface area contributed by atoms with E-state index < -0.39 is 0 Å². The van der Waals surface area contributed by atoms with Crippen LogP contribution in [0.25, 0.3) is 17.3 Å². The minimum atomic E-state index is -0.203. The van der Waals surface area contributed by atoms with Gasteiger partial charge in [-0.15, -0.1) is 0 Å². The van der Waals surface area contributed by atoms with Crippen molar-refractivity contribution in [3.8, 4) is 28.5 Å². The number of nitrogens with zero attached hydrogens (tertiary/aromatic N) is 3. The number of methoxy groups -OCH3 is 3. The van der Waals surface area contributed by atoms with E-state index in [-0.39, 0.29) is 5.91 Å². The Balaban J connectivity index is 1.55. The highest BCUT2D eigenvalue weighted by Gasteiger charge is 2.12. The minimum absolute atomic E-state index is 0.203. The average Bonchev–Trinajstić information content (AvgIpc) is 3.26. The third-order valence-electron chi connectivity index (χ3n) is 4.37. The van der Waals surface area contributed by atoms with E-state index in [0.29, 0.717) is 30.3 Å². The van der Waals surface area contributed by atoms with Gasteiger partial charge in [0.25, 0.3) is 0 Å². The first-order valence-electron chi connectivity index (χ1n) is 9.34. The Hall–Kier alpha value is -3.81. The molecule has 0 atom stereocenters. The molecule has 1 N–H and O–H groups in total. The van der Waals surface area contributed by atoms with Gasteiger partial charge < -0.3 is 19.5 Å². The van der Waals surface area contributed by atoms with Gasteiger partial charge in [-0.1, -0.05) is 0 Å². The Bertz CT molecular complexity index is 990. The quantitative estimate of drug-likeness (QED) is 0.548. The number of ether oxygens (including phenoxy) is 3. The second-order valence-electron chi connectivity index (χ2n) is 6.28. The van der Waals surface area contributed by atoms with Gasteiger partial charge in [0.15, 0.2) is 11.5 Å². The van der Waals surface area contributed by atoms with Gasteiger partial charge >= 0.3 is 0 Å². The third-order valence-corrected chi connectivity index (χ3v) is 4.37. The Morgan fingerprint density at radius 3 is 2.40 bits per heavy atom. The fraction of sp³-hybridized carbons (Fsp3) is 0.227. The molecule has 0 saturated heterocycles. The summed E-state index contributed by atoms with van der Waals surface area (Å²) in [5.74, 6) is 1.36. The monoisotopic (exact) mass is 408 g/mol. The molecule has 2 aromatic heterocycles. The van der Waals surface area contributed by atoms with Crippen LogP contribution < -0.4 is 19.5 Å². The standard InChI is InChI=1S/C22H24N4O4/c1-28-19-14-16(15-20(29-2)22(19)30-3)4-5-21(27)24-11-13-26-12-8-18(25-26)17-6-9-23-10-7-17/h4-10,12,14-15H,11,13H2,1-3H3,(H,24,27)/b5-4+. The molecule has 30 heavy (non-hydrogen) atoms. The van der Waals surface area contributed by atoms with Gasteiger partial charge in [-0.05, 0) is 42.0 Å². The zero-order valence-electron chi connectivity index (χ0n) is 17.2. The van der Waals surface area contributed by atoms with Crippen LogP contribution in [0.2, 0.25) is 0 Å². The van der Waals surface area contributed by atoms with E-state index in [9.17, 15) is 4.79 Å². The summed E-state index contributed by atoms with van der Waals surface area (Å²) < 4.78 is 17.7. The molecule has 3 aromatic rings. The molecule has 1 aromatic carbocycles. The fourth-order valence-corrected chi connectivity index (χ4v) is 2.88. The molecular weight excluding hydrogens is 384 g/mol. The summed E-state index contributed by atoms with van der Waals surface area (Å²) in [5, 5.41) is 7.35. The van der Waals surface area contributed by atoms with Crippen LogP contribution in [0.4, 0.5) is 0 Å². The minimum Gasteiger partial charge on any atom is -0.493 e. The number of nitrogens with one attached hydrogen (secondary N) is 1. The SMILES string of the molecule is COc1cc(/C=C/C(=O)NCCn2ccc(-c3ccncc3)n2)cc(OC)c1OC. The van der Waals surface area contributed by atoms with Crippen molar-refractivity contribution in [2.45, 2.75) is 6.54 Å². The maximum Gasteiger partial charge on any atom is 0.244 e. The molecule has 0 aliphatic rings. The summed E-state index contributed by atoms with van der Waals surface area (Å²) in [4.78, 5) is 16.1. The summed E-state index contributed by atoms with van der Waals surface area (Å²) in [6, 6.07) is 9.29. The summed E-state index contributed by atoms with van der Waals surface area (Å²) in [5.41, 5.74) is 2.63. The van der Waals surface area contributed by atoms with Crippen molar-refractivity contribution >= 4 is 12.0 Å². The van der Waals surface area contributed by atoms with Crippen molar-refractivity contribution in [1.29, 1.82) is 0 Å². The number of pyridine rings is 1. The van der Waals surface area contributed by atoms with Gasteiger partial charge in [0, 0.05) is 36.8 Å². The Kier molecular flexibility index (Phi) is 7.05. The summed E-state index contributed by atoms with van der Waals surface area (Å²) in [6.45, 7) is 1.02. The topological polar surface area (TPSA) is 87.5 Å². The maximum absolute atomic E-state index is 12.1. The largest absolute Gasteiger partial charge is 0.493 e. The second kappa shape index (κ2) is 10.1. The van der Waals surface area contributed by atoms with Crippen molar-refractivity contribution in [2.75, 3.05) is 27.9 Å². The normalized spacial score (nSPS) is 10.8. The molecule has 0 fully saturated rings. The lowest BCUT2D eigenvalue weighted by Gasteiger charge is -2.12. The smallest absolute Gasteiger partial charge is 0.244 e. The lowest BCUT2D eigenvalue weighted by molar-refractivity contribution is -0.116. The number of carbonyl (C=O) groups excluding carboxylic acids is 1. The van der Waals surface area contributed by atoms with Gasteiger partial charge in [0.05, 0.1) is 33.6 Å². The zero-order valence-corrected chi connectivity index (χ0v) is 17.2. The van der Waals surface area contributed by atoms with E-state index in [4.69, 9.17) is 14.2 Å². The third kappa shape index (κ3) is 5.16. The lowest BCUT2D eigenvalue weighted by atomic mass is 10.1. The second-order valence-corrected chi connectivity index (χ2v) is 6.28. The van der Waals surface area contributed by atoms with Crippen LogP contribution in [-0.4, -0.2) is 48.5 Å². The molecule has 0 spiro atoms. The molecule has 3 rings (SSSR count). The maximum atomic E-state index is 12.1. The molecule has 156 valence electrons. The predicted octanol–water partition coefficient (Wildman–Crippen LogP) is 2.80. The van der Waals surface area contributed by atoms with Crippen molar-refractivity contribution in [3.05, 3.63) is 60.6 Å². The molecular formula is C22H24N4O4. The van der Waals surface area contributed by atoms with Crippen molar-refractivity contribution in [1.82, 2.24) is 20.1 Å². The van der Waals surface area contributed by atoms with Crippen LogP contribution in [-0.2, 0) is 11.3 Å². The Labute approximate surface area is 175 Å². The van der Waals surface area contributed by atoms with Crippen LogP contribution in [0.5, 0.6) is 17.2 Å². The van der Waals surface area contributed by atoms with E-state index >= 15 is 0 Å². The highest BCUT2D eigenvalue weighted by molar-refractivity contribution is 5.91. The fourth-order valence-electron chi connectivity index (χ4n) is 2.88. The van der Waals surface area contributed by atoms with Crippen molar-refractivity contribution in [3.63, 3.8) is 0 Å². The molecule has 0 radical (unpaired) electrons. The number of amides is 1. The Morgan fingerprint density at radius 2 is 1.77 bits per heavy atom. The van der Waals surface area contributed by atoms with Crippen LogP contribution in [0.3, 0.4) is 0 Å². The van der Waals surface area contributed by atoms with E-state index in [2.05, 4.69) is 15.4 Å². The number of benzene rings is 1. The molecule has 0 bridgehead atoms. The highest BCUT2D eigenvalue weighted by Crippen LogP contribution is 2.38. The summed E-state index contributed by atoms with van der Waals surface area (Å²) >= 11 is 0. The van der Waals surface area contributed by atoms with Gasteiger partial charge in [-0.2, -0.15) is 5.10 Å². The molecule has 8 nitrogen and oxygen atoms in total. The lowest BCUT2D eigenvalue weighted by Crippen LogP contribution is -2.25. The van der Waals surface area contributed by atoms with Gasteiger partial charge in [-0.3, -0.25) is 14.5 Å². The van der Waals surface area contributed by atoms with E-state index in [1.54, 1.807) is 56.6 Å². The van der Waals surface area contributed by atoms with Crippen molar-refractivity contribution < 1.29 is 19.0 Å². The van der Waals surface area contributed by atoms with E-state index in [1.807, 2.05) is 24.4 Å². The number of hydrogen-bond acceptors (Lipinski definition) is 6. The van der Waals surface area contributed by atoms with Gasteiger partial charge in [-0.25, -0.2) is 0 Å². The number of rotatable bonds is 9. The molecule has 0 aliphatic heterocycles. The van der Waals surface area contributed by atoms with Gasteiger partial charge in [0.1, 0.15) is 0 Å². The van der Waals surface area contributed by atoms with E-state index in [0.717, 1.165) is 16.8 Å². The number of hydrogen-bond donors (Lipinski definition) is 1.